The zero-order valence-electron chi connectivity index (χ0n) is 13.6. The fourth-order valence-electron chi connectivity index (χ4n) is 2.80. The molecule has 7 heteroatoms. The van der Waals surface area contributed by atoms with Crippen molar-refractivity contribution in [1.82, 2.24) is 9.62 Å². The van der Waals surface area contributed by atoms with Crippen molar-refractivity contribution in [1.29, 1.82) is 0 Å². The van der Waals surface area contributed by atoms with Crippen molar-refractivity contribution < 1.29 is 17.9 Å². The minimum atomic E-state index is -3.23. The maximum absolute atomic E-state index is 12.3. The van der Waals surface area contributed by atoms with Gasteiger partial charge in [-0.05, 0) is 37.0 Å². The quantitative estimate of drug-likeness (QED) is 0.843. The number of piperidine rings is 1. The van der Waals surface area contributed by atoms with E-state index in [0.717, 1.165) is 30.4 Å². The molecule has 1 unspecified atom stereocenters. The van der Waals surface area contributed by atoms with Gasteiger partial charge in [-0.1, -0.05) is 12.1 Å². The smallest absolute Gasteiger partial charge is 0.222 e. The molecule has 0 bridgehead atoms. The predicted molar refractivity (Wildman–Crippen MR) is 88.9 cm³/mol. The van der Waals surface area contributed by atoms with Gasteiger partial charge in [0.1, 0.15) is 5.75 Å². The molecular weight excluding hydrogens is 316 g/mol. The number of likely N-dealkylation sites (tertiary alicyclic amines) is 1. The first-order valence-electron chi connectivity index (χ1n) is 7.75. The summed E-state index contributed by atoms with van der Waals surface area (Å²) in [6.45, 7) is 1.15. The summed E-state index contributed by atoms with van der Waals surface area (Å²) in [5, 5.41) is 0. The van der Waals surface area contributed by atoms with Crippen LogP contribution in [0.4, 0.5) is 0 Å². The van der Waals surface area contributed by atoms with Crippen LogP contribution in [0.1, 0.15) is 24.8 Å². The lowest BCUT2D eigenvalue weighted by Gasteiger charge is -2.32. The van der Waals surface area contributed by atoms with Crippen LogP contribution in [-0.2, 0) is 21.2 Å². The zero-order valence-corrected chi connectivity index (χ0v) is 14.4. The molecule has 1 saturated heterocycles. The highest BCUT2D eigenvalue weighted by molar-refractivity contribution is 7.88. The van der Waals surface area contributed by atoms with Crippen LogP contribution in [0.2, 0.25) is 0 Å². The van der Waals surface area contributed by atoms with Gasteiger partial charge in [0.25, 0.3) is 0 Å². The van der Waals surface area contributed by atoms with Crippen molar-refractivity contribution in [2.24, 2.45) is 0 Å². The van der Waals surface area contributed by atoms with Crippen LogP contribution >= 0.6 is 0 Å². The summed E-state index contributed by atoms with van der Waals surface area (Å²) in [5.41, 5.74) is 1.09. The normalized spacial score (nSPS) is 18.7. The molecule has 0 aromatic heterocycles. The number of hydrogen-bond acceptors (Lipinski definition) is 4. The molecule has 1 fully saturated rings. The van der Waals surface area contributed by atoms with Gasteiger partial charge >= 0.3 is 0 Å². The summed E-state index contributed by atoms with van der Waals surface area (Å²) in [4.78, 5) is 14.1. The van der Waals surface area contributed by atoms with Crippen LogP contribution in [0.3, 0.4) is 0 Å². The Labute approximate surface area is 137 Å². The Balaban J connectivity index is 1.84. The first kappa shape index (κ1) is 17.7. The number of nitrogens with zero attached hydrogens (tertiary/aromatic N) is 1. The molecule has 23 heavy (non-hydrogen) atoms. The third kappa shape index (κ3) is 5.84. The maximum atomic E-state index is 12.3. The van der Waals surface area contributed by atoms with E-state index in [0.29, 0.717) is 25.9 Å². The number of rotatable bonds is 6. The molecule has 1 aromatic rings. The summed E-state index contributed by atoms with van der Waals surface area (Å²) in [6, 6.07) is 7.50. The van der Waals surface area contributed by atoms with Crippen LogP contribution in [-0.4, -0.2) is 51.7 Å². The first-order valence-corrected chi connectivity index (χ1v) is 9.64. The highest BCUT2D eigenvalue weighted by Gasteiger charge is 2.25. The maximum Gasteiger partial charge on any atom is 0.222 e. The Hall–Kier alpha value is -1.60. The third-order valence-electron chi connectivity index (χ3n) is 3.94. The molecule has 1 heterocycles. The minimum Gasteiger partial charge on any atom is -0.497 e. The molecule has 1 aromatic carbocycles. The van der Waals surface area contributed by atoms with Crippen molar-refractivity contribution in [2.45, 2.75) is 31.7 Å². The summed E-state index contributed by atoms with van der Waals surface area (Å²) in [5.74, 6) is 0.867. The van der Waals surface area contributed by atoms with E-state index in [4.69, 9.17) is 4.74 Å². The van der Waals surface area contributed by atoms with Crippen molar-refractivity contribution in [2.75, 3.05) is 26.5 Å². The highest BCUT2D eigenvalue weighted by Crippen LogP contribution is 2.15. The third-order valence-corrected chi connectivity index (χ3v) is 4.70. The van der Waals surface area contributed by atoms with E-state index in [1.165, 1.54) is 0 Å². The van der Waals surface area contributed by atoms with Crippen molar-refractivity contribution in [3.05, 3.63) is 29.8 Å². The summed E-state index contributed by atoms with van der Waals surface area (Å²) < 4.78 is 30.3. The molecular formula is C16H24N2O4S. The summed E-state index contributed by atoms with van der Waals surface area (Å²) in [6.07, 6.45) is 3.84. The number of methoxy groups -OCH3 is 1. The van der Waals surface area contributed by atoms with Crippen molar-refractivity contribution in [3.8, 4) is 5.75 Å². The van der Waals surface area contributed by atoms with Gasteiger partial charge in [0.15, 0.2) is 0 Å². The Morgan fingerprint density at radius 2 is 2.04 bits per heavy atom. The van der Waals surface area contributed by atoms with Gasteiger partial charge < -0.3 is 9.64 Å². The Morgan fingerprint density at radius 1 is 1.35 bits per heavy atom. The second-order valence-electron chi connectivity index (χ2n) is 5.92. The van der Waals surface area contributed by atoms with E-state index in [-0.39, 0.29) is 11.9 Å². The molecule has 0 radical (unpaired) electrons. The zero-order chi connectivity index (χ0) is 16.9. The van der Waals surface area contributed by atoms with Gasteiger partial charge in [0.2, 0.25) is 15.9 Å². The molecule has 1 amide bonds. The number of amides is 1. The number of ether oxygens (including phenoxy) is 1. The number of carbonyl (C=O) groups is 1. The largest absolute Gasteiger partial charge is 0.497 e. The van der Waals surface area contributed by atoms with Gasteiger partial charge in [-0.2, -0.15) is 0 Å². The number of carbonyl (C=O) groups excluding carboxylic acids is 1. The van der Waals surface area contributed by atoms with Crippen LogP contribution in [0.15, 0.2) is 24.3 Å². The molecule has 1 aliphatic rings. The van der Waals surface area contributed by atoms with Crippen LogP contribution in [0.5, 0.6) is 5.75 Å². The van der Waals surface area contributed by atoms with Gasteiger partial charge in [-0.25, -0.2) is 13.1 Å². The summed E-state index contributed by atoms with van der Waals surface area (Å²) in [7, 11) is -1.61. The van der Waals surface area contributed by atoms with Gasteiger partial charge in [-0.15, -0.1) is 0 Å². The molecule has 1 N–H and O–H groups in total. The predicted octanol–water partition coefficient (Wildman–Crippen LogP) is 1.17. The van der Waals surface area contributed by atoms with E-state index >= 15 is 0 Å². The summed E-state index contributed by atoms with van der Waals surface area (Å²) >= 11 is 0. The second-order valence-corrected chi connectivity index (χ2v) is 7.70. The molecule has 1 aliphatic heterocycles. The van der Waals surface area contributed by atoms with Crippen molar-refractivity contribution >= 4 is 15.9 Å². The monoisotopic (exact) mass is 340 g/mol. The van der Waals surface area contributed by atoms with E-state index in [2.05, 4.69) is 4.72 Å². The van der Waals surface area contributed by atoms with Crippen molar-refractivity contribution in [3.63, 3.8) is 0 Å². The fourth-order valence-corrected chi connectivity index (χ4v) is 3.60. The lowest BCUT2D eigenvalue weighted by Crippen LogP contribution is -2.49. The topological polar surface area (TPSA) is 75.7 Å². The number of hydrogen-bond donors (Lipinski definition) is 1. The van der Waals surface area contributed by atoms with Gasteiger partial charge in [0, 0.05) is 25.6 Å². The molecule has 0 spiro atoms. The Kier molecular flexibility index (Phi) is 6.01. The van der Waals surface area contributed by atoms with Crippen LogP contribution < -0.4 is 9.46 Å². The minimum absolute atomic E-state index is 0.0702. The van der Waals surface area contributed by atoms with Crippen LogP contribution in [0.25, 0.3) is 0 Å². The lowest BCUT2D eigenvalue weighted by atomic mass is 10.0. The van der Waals surface area contributed by atoms with E-state index in [9.17, 15) is 13.2 Å². The van der Waals surface area contributed by atoms with Crippen LogP contribution in [0, 0.1) is 0 Å². The molecule has 2 rings (SSSR count). The highest BCUT2D eigenvalue weighted by atomic mass is 32.2. The average Bonchev–Trinajstić information content (AvgIpc) is 2.51. The Morgan fingerprint density at radius 3 is 2.65 bits per heavy atom. The molecule has 0 aliphatic carbocycles. The second kappa shape index (κ2) is 7.79. The first-order chi connectivity index (χ1) is 10.9. The number of benzene rings is 1. The van der Waals surface area contributed by atoms with E-state index < -0.39 is 10.0 Å². The number of aryl methyl sites for hydroxylation is 1. The molecule has 128 valence electrons. The molecule has 1 atom stereocenters. The fraction of sp³-hybridized carbons (Fsp3) is 0.562. The van der Waals surface area contributed by atoms with E-state index in [1.807, 2.05) is 24.3 Å². The van der Waals surface area contributed by atoms with E-state index in [1.54, 1.807) is 12.0 Å². The molecule has 6 nitrogen and oxygen atoms in total. The average molecular weight is 340 g/mol. The van der Waals surface area contributed by atoms with Gasteiger partial charge in [-0.3, -0.25) is 4.79 Å². The Bertz CT molecular complexity index is 628. The number of sulfonamides is 1. The standard InChI is InChI=1S/C16H24N2O4S/c1-22-15-8-5-13(6-9-15)7-10-16(19)18-11-3-4-14(12-18)17-23(2,20)21/h5-6,8-9,14,17H,3-4,7,10-12H2,1-2H3. The van der Waals surface area contributed by atoms with Gasteiger partial charge in [0.05, 0.1) is 13.4 Å². The molecule has 0 saturated carbocycles. The lowest BCUT2D eigenvalue weighted by molar-refractivity contribution is -0.132. The SMILES string of the molecule is COc1ccc(CCC(=O)N2CCCC(NS(C)(=O)=O)C2)cc1. The number of nitrogens with one attached hydrogen (secondary N) is 1.